The molecule has 19 heavy (non-hydrogen) atoms. The molecule has 1 fully saturated rings. The van der Waals surface area contributed by atoms with Gasteiger partial charge in [0.25, 0.3) is 5.91 Å². The van der Waals surface area contributed by atoms with E-state index in [1.807, 2.05) is 0 Å². The standard InChI is InChI=1S/C11H7Br2N3O3/c12-4-1-2-6-5(3-4)7(17)8-11(13,16-6)9(18)15-10(19)14-8/h1-3,8,16H,(H2,14,15,18,19)/t8-,11-/m0/s1. The lowest BCUT2D eigenvalue weighted by molar-refractivity contribution is -0.122. The van der Waals surface area contributed by atoms with Crippen LogP contribution in [0.5, 0.6) is 0 Å². The van der Waals surface area contributed by atoms with Crippen LogP contribution in [-0.2, 0) is 4.79 Å². The van der Waals surface area contributed by atoms with Gasteiger partial charge in [-0.15, -0.1) is 0 Å². The molecule has 3 amide bonds. The molecule has 98 valence electrons. The van der Waals surface area contributed by atoms with Crippen LogP contribution in [0.2, 0.25) is 0 Å². The molecule has 0 spiro atoms. The molecule has 1 saturated heterocycles. The number of alkyl halides is 1. The van der Waals surface area contributed by atoms with Gasteiger partial charge in [-0.2, -0.15) is 0 Å². The van der Waals surface area contributed by atoms with Gasteiger partial charge in [-0.3, -0.25) is 14.9 Å². The van der Waals surface area contributed by atoms with Crippen molar-refractivity contribution in [2.24, 2.45) is 0 Å². The van der Waals surface area contributed by atoms with Crippen molar-refractivity contribution in [3.05, 3.63) is 28.2 Å². The van der Waals surface area contributed by atoms with E-state index < -0.39 is 22.4 Å². The van der Waals surface area contributed by atoms with Gasteiger partial charge in [0, 0.05) is 15.7 Å². The number of fused-ring (bicyclic) bond motifs is 2. The lowest BCUT2D eigenvalue weighted by atomic mass is 9.90. The van der Waals surface area contributed by atoms with Gasteiger partial charge in [-0.05, 0) is 34.1 Å². The fourth-order valence-electron chi connectivity index (χ4n) is 2.15. The average Bonchev–Trinajstić information content (AvgIpc) is 2.34. The zero-order valence-electron chi connectivity index (χ0n) is 9.29. The van der Waals surface area contributed by atoms with E-state index in [1.54, 1.807) is 18.2 Å². The minimum atomic E-state index is -1.36. The molecule has 0 saturated carbocycles. The lowest BCUT2D eigenvalue weighted by Gasteiger charge is -2.42. The first-order valence-electron chi connectivity index (χ1n) is 5.34. The second-order valence-electron chi connectivity index (χ2n) is 4.25. The van der Waals surface area contributed by atoms with Gasteiger partial charge < -0.3 is 10.6 Å². The van der Waals surface area contributed by atoms with Crippen LogP contribution in [-0.4, -0.2) is 28.2 Å². The molecule has 1 aromatic rings. The summed E-state index contributed by atoms with van der Waals surface area (Å²) in [4.78, 5) is 35.7. The molecule has 3 N–H and O–H groups in total. The van der Waals surface area contributed by atoms with Crippen molar-refractivity contribution in [1.29, 1.82) is 0 Å². The molecule has 2 heterocycles. The molecule has 1 aromatic carbocycles. The smallest absolute Gasteiger partial charge is 0.322 e. The number of urea groups is 1. The number of carbonyl (C=O) groups excluding carboxylic acids is 3. The summed E-state index contributed by atoms with van der Waals surface area (Å²) in [6, 6.07) is 3.43. The third kappa shape index (κ3) is 1.78. The van der Waals surface area contributed by atoms with Crippen molar-refractivity contribution in [1.82, 2.24) is 10.6 Å². The molecular formula is C11H7Br2N3O3. The minimum absolute atomic E-state index is 0.324. The van der Waals surface area contributed by atoms with E-state index in [9.17, 15) is 14.4 Å². The number of carbonyl (C=O) groups is 3. The highest BCUT2D eigenvalue weighted by atomic mass is 79.9. The Labute approximate surface area is 124 Å². The third-order valence-corrected chi connectivity index (χ3v) is 4.57. The number of nitrogens with one attached hydrogen (secondary N) is 3. The van der Waals surface area contributed by atoms with Crippen molar-refractivity contribution in [3.8, 4) is 0 Å². The van der Waals surface area contributed by atoms with E-state index in [0.29, 0.717) is 11.3 Å². The molecule has 2 aliphatic rings. The summed E-state index contributed by atoms with van der Waals surface area (Å²) < 4.78 is -0.617. The number of amides is 3. The van der Waals surface area contributed by atoms with E-state index in [4.69, 9.17) is 0 Å². The molecule has 0 aromatic heterocycles. The molecule has 2 atom stereocenters. The molecule has 0 unspecified atom stereocenters. The Morgan fingerprint density at radius 1 is 1.21 bits per heavy atom. The van der Waals surface area contributed by atoms with Crippen LogP contribution < -0.4 is 16.0 Å². The van der Waals surface area contributed by atoms with Crippen molar-refractivity contribution in [3.63, 3.8) is 0 Å². The maximum atomic E-state index is 12.4. The summed E-state index contributed by atoms with van der Waals surface area (Å²) >= 11 is 6.51. The van der Waals surface area contributed by atoms with Crippen LogP contribution in [0.1, 0.15) is 10.4 Å². The Bertz CT molecular complexity index is 634. The minimum Gasteiger partial charge on any atom is -0.360 e. The largest absolute Gasteiger partial charge is 0.360 e. The zero-order valence-corrected chi connectivity index (χ0v) is 12.5. The van der Waals surface area contributed by atoms with Gasteiger partial charge in [0.05, 0.1) is 0 Å². The Hall–Kier alpha value is -1.41. The molecule has 2 aliphatic heterocycles. The normalized spacial score (nSPS) is 28.7. The van der Waals surface area contributed by atoms with E-state index in [-0.39, 0.29) is 5.78 Å². The Morgan fingerprint density at radius 2 is 1.95 bits per heavy atom. The van der Waals surface area contributed by atoms with Crippen LogP contribution in [0.15, 0.2) is 22.7 Å². The molecule has 0 radical (unpaired) electrons. The molecule has 0 aliphatic carbocycles. The highest BCUT2D eigenvalue weighted by Crippen LogP contribution is 2.37. The number of anilines is 1. The first-order valence-corrected chi connectivity index (χ1v) is 6.93. The number of benzene rings is 1. The third-order valence-electron chi connectivity index (χ3n) is 3.06. The van der Waals surface area contributed by atoms with Crippen molar-refractivity contribution in [2.75, 3.05) is 5.32 Å². The van der Waals surface area contributed by atoms with Crippen LogP contribution in [0.4, 0.5) is 10.5 Å². The van der Waals surface area contributed by atoms with E-state index in [1.165, 1.54) is 0 Å². The number of hydrogen-bond donors (Lipinski definition) is 3. The highest BCUT2D eigenvalue weighted by molar-refractivity contribution is 9.10. The van der Waals surface area contributed by atoms with Gasteiger partial charge in [0.15, 0.2) is 5.78 Å². The predicted molar refractivity (Wildman–Crippen MR) is 74.2 cm³/mol. The van der Waals surface area contributed by atoms with Crippen LogP contribution >= 0.6 is 31.9 Å². The fraction of sp³-hybridized carbons (Fsp3) is 0.182. The van der Waals surface area contributed by atoms with Crippen molar-refractivity contribution >= 4 is 55.3 Å². The lowest BCUT2D eigenvalue weighted by Crippen LogP contribution is -2.72. The molecule has 0 bridgehead atoms. The summed E-state index contributed by atoms with van der Waals surface area (Å²) in [6.07, 6.45) is 0. The van der Waals surface area contributed by atoms with E-state index >= 15 is 0 Å². The Morgan fingerprint density at radius 3 is 2.68 bits per heavy atom. The summed E-state index contributed by atoms with van der Waals surface area (Å²) in [6.45, 7) is 0. The summed E-state index contributed by atoms with van der Waals surface area (Å²) in [5.74, 6) is -0.918. The van der Waals surface area contributed by atoms with Crippen molar-refractivity contribution in [2.45, 2.75) is 10.5 Å². The number of halogens is 2. The van der Waals surface area contributed by atoms with Gasteiger partial charge in [0.2, 0.25) is 4.45 Å². The first kappa shape index (κ1) is 12.6. The molecule has 3 rings (SSSR count). The molecular weight excluding hydrogens is 382 g/mol. The maximum Gasteiger partial charge on any atom is 0.322 e. The topological polar surface area (TPSA) is 87.3 Å². The van der Waals surface area contributed by atoms with Gasteiger partial charge in [-0.1, -0.05) is 15.9 Å². The number of imide groups is 1. The maximum absolute atomic E-state index is 12.4. The fourth-order valence-corrected chi connectivity index (χ4v) is 3.14. The zero-order chi connectivity index (χ0) is 13.8. The van der Waals surface area contributed by atoms with Gasteiger partial charge in [0.1, 0.15) is 6.04 Å². The monoisotopic (exact) mass is 387 g/mol. The second kappa shape index (κ2) is 4.04. The summed E-state index contributed by atoms with van der Waals surface area (Å²) in [7, 11) is 0. The van der Waals surface area contributed by atoms with Gasteiger partial charge in [-0.25, -0.2) is 4.79 Å². The number of ketones is 1. The summed E-state index contributed by atoms with van der Waals surface area (Å²) in [5, 5.41) is 7.53. The SMILES string of the molecule is O=C1NC(=O)[C@@]2(Br)Nc3ccc(Br)cc3C(=O)[C@@H]2N1. The number of rotatable bonds is 0. The quantitative estimate of drug-likeness (QED) is 0.462. The van der Waals surface area contributed by atoms with E-state index in [2.05, 4.69) is 47.8 Å². The Kier molecular flexibility index (Phi) is 2.68. The van der Waals surface area contributed by atoms with Crippen LogP contribution in [0.25, 0.3) is 0 Å². The highest BCUT2D eigenvalue weighted by Gasteiger charge is 2.55. The van der Waals surface area contributed by atoms with Crippen LogP contribution in [0.3, 0.4) is 0 Å². The average molecular weight is 389 g/mol. The Balaban J connectivity index is 2.15. The van der Waals surface area contributed by atoms with Gasteiger partial charge >= 0.3 is 6.03 Å². The van der Waals surface area contributed by atoms with Crippen LogP contribution in [0, 0.1) is 0 Å². The molecule has 6 nitrogen and oxygen atoms in total. The van der Waals surface area contributed by atoms with Crippen molar-refractivity contribution < 1.29 is 14.4 Å². The summed E-state index contributed by atoms with van der Waals surface area (Å²) in [5.41, 5.74) is 0.956. The van der Waals surface area contributed by atoms with E-state index in [0.717, 1.165) is 4.47 Å². The first-order chi connectivity index (χ1) is 8.91. The number of Topliss-reactive ketones (excluding diaryl/α,β-unsaturated/α-hetero) is 1. The molecule has 8 heteroatoms. The predicted octanol–water partition coefficient (Wildman–Crippen LogP) is 1.36. The number of hydrogen-bond acceptors (Lipinski definition) is 4. The second-order valence-corrected chi connectivity index (χ2v) is 6.42.